The molecule has 1 unspecified atom stereocenters. The summed E-state index contributed by atoms with van der Waals surface area (Å²) >= 11 is 0. The fourth-order valence-electron chi connectivity index (χ4n) is 2.31. The number of tetrazole rings is 1. The van der Waals surface area contributed by atoms with Gasteiger partial charge in [-0.1, -0.05) is 0 Å². The lowest BCUT2D eigenvalue weighted by atomic mass is 10.1. The quantitative estimate of drug-likeness (QED) is 0.848. The molecule has 1 fully saturated rings. The Labute approximate surface area is 111 Å². The van der Waals surface area contributed by atoms with Gasteiger partial charge in [-0.3, -0.25) is 0 Å². The van der Waals surface area contributed by atoms with Gasteiger partial charge in [0.15, 0.2) is 5.82 Å². The number of ether oxygens (including phenoxy) is 1. The van der Waals surface area contributed by atoms with Crippen molar-refractivity contribution in [3.8, 4) is 17.1 Å². The molecular weight excluding hydrogens is 242 g/mol. The zero-order valence-electron chi connectivity index (χ0n) is 11.1. The Morgan fingerprint density at radius 2 is 2.21 bits per heavy atom. The first kappa shape index (κ1) is 12.0. The monoisotopic (exact) mass is 259 g/mol. The maximum atomic E-state index is 5.93. The van der Waals surface area contributed by atoms with Crippen LogP contribution in [0.2, 0.25) is 0 Å². The Kier molecular flexibility index (Phi) is 2.85. The van der Waals surface area contributed by atoms with E-state index < -0.39 is 0 Å². The Hall–Kier alpha value is -2.11. The first-order chi connectivity index (χ1) is 9.20. The summed E-state index contributed by atoms with van der Waals surface area (Å²) in [5, 5.41) is 12.0. The molecule has 6 nitrogen and oxygen atoms in total. The van der Waals surface area contributed by atoms with Crippen molar-refractivity contribution in [3.63, 3.8) is 0 Å². The Balaban J connectivity index is 1.97. The molecule has 3 rings (SSSR count). The highest BCUT2D eigenvalue weighted by molar-refractivity contribution is 5.66. The number of hydrogen-bond donors (Lipinski definition) is 1. The molecule has 0 bridgehead atoms. The van der Waals surface area contributed by atoms with Crippen molar-refractivity contribution in [1.29, 1.82) is 0 Å². The van der Waals surface area contributed by atoms with Crippen molar-refractivity contribution in [2.45, 2.75) is 25.8 Å². The molecule has 0 spiro atoms. The second kappa shape index (κ2) is 4.53. The number of rotatable bonds is 4. The lowest BCUT2D eigenvalue weighted by molar-refractivity contribution is 0.417. The minimum atomic E-state index is 0.327. The minimum absolute atomic E-state index is 0.327. The largest absolute Gasteiger partial charge is 0.495 e. The molecule has 19 heavy (non-hydrogen) atoms. The van der Waals surface area contributed by atoms with Gasteiger partial charge in [-0.25, -0.2) is 4.68 Å². The molecular formula is C13H17N5O. The summed E-state index contributed by atoms with van der Waals surface area (Å²) in [6.45, 7) is 2.16. The Bertz CT molecular complexity index is 590. The van der Waals surface area contributed by atoms with E-state index in [1.807, 2.05) is 22.9 Å². The Morgan fingerprint density at radius 1 is 1.42 bits per heavy atom. The molecule has 0 saturated heterocycles. The summed E-state index contributed by atoms with van der Waals surface area (Å²) in [6.07, 6.45) is 2.51. The van der Waals surface area contributed by atoms with Crippen molar-refractivity contribution in [2.75, 3.05) is 12.8 Å². The van der Waals surface area contributed by atoms with Gasteiger partial charge in [0, 0.05) is 5.56 Å². The standard InChI is InChI=1S/C13H17N5O/c1-8(9-3-4-9)18-13(15-16-17-18)10-5-6-12(19-2)11(14)7-10/h5-9H,3-4,14H2,1-2H3. The number of nitrogen functional groups attached to an aromatic ring is 1. The molecule has 1 aromatic heterocycles. The van der Waals surface area contributed by atoms with Gasteiger partial charge >= 0.3 is 0 Å². The molecule has 0 aliphatic heterocycles. The van der Waals surface area contributed by atoms with E-state index in [9.17, 15) is 0 Å². The van der Waals surface area contributed by atoms with Crippen molar-refractivity contribution in [3.05, 3.63) is 18.2 Å². The van der Waals surface area contributed by atoms with Crippen LogP contribution in [0.15, 0.2) is 18.2 Å². The van der Waals surface area contributed by atoms with Gasteiger partial charge in [-0.15, -0.1) is 5.10 Å². The summed E-state index contributed by atoms with van der Waals surface area (Å²) in [5.41, 5.74) is 7.44. The van der Waals surface area contributed by atoms with Gasteiger partial charge < -0.3 is 10.5 Å². The van der Waals surface area contributed by atoms with Crippen molar-refractivity contribution in [2.24, 2.45) is 5.92 Å². The number of hydrogen-bond acceptors (Lipinski definition) is 5. The van der Waals surface area contributed by atoms with Crippen LogP contribution in [-0.2, 0) is 0 Å². The molecule has 1 aliphatic carbocycles. The van der Waals surface area contributed by atoms with Gasteiger partial charge in [0.1, 0.15) is 5.75 Å². The van der Waals surface area contributed by atoms with E-state index in [1.165, 1.54) is 12.8 Å². The summed E-state index contributed by atoms with van der Waals surface area (Å²) in [4.78, 5) is 0. The fraction of sp³-hybridized carbons (Fsp3) is 0.462. The van der Waals surface area contributed by atoms with Crippen LogP contribution in [-0.4, -0.2) is 27.3 Å². The number of methoxy groups -OCH3 is 1. The summed E-state index contributed by atoms with van der Waals surface area (Å²) in [5.74, 6) is 2.12. The van der Waals surface area contributed by atoms with E-state index in [1.54, 1.807) is 7.11 Å². The second-order valence-corrected chi connectivity index (χ2v) is 4.98. The van der Waals surface area contributed by atoms with Crippen LogP contribution in [0.3, 0.4) is 0 Å². The van der Waals surface area contributed by atoms with E-state index in [-0.39, 0.29) is 0 Å². The van der Waals surface area contributed by atoms with Crippen molar-refractivity contribution < 1.29 is 4.74 Å². The van der Waals surface area contributed by atoms with Crippen LogP contribution in [0.5, 0.6) is 5.75 Å². The first-order valence-corrected chi connectivity index (χ1v) is 6.42. The fourth-order valence-corrected chi connectivity index (χ4v) is 2.31. The molecule has 1 heterocycles. The summed E-state index contributed by atoms with van der Waals surface area (Å²) in [6, 6.07) is 5.94. The molecule has 100 valence electrons. The zero-order valence-corrected chi connectivity index (χ0v) is 11.1. The maximum absolute atomic E-state index is 5.93. The van der Waals surface area contributed by atoms with Crippen LogP contribution in [0.4, 0.5) is 5.69 Å². The van der Waals surface area contributed by atoms with Crippen LogP contribution in [0.1, 0.15) is 25.8 Å². The molecule has 2 N–H and O–H groups in total. The summed E-state index contributed by atoms with van der Waals surface area (Å²) < 4.78 is 7.05. The summed E-state index contributed by atoms with van der Waals surface area (Å²) in [7, 11) is 1.60. The van der Waals surface area contributed by atoms with Crippen LogP contribution >= 0.6 is 0 Å². The topological polar surface area (TPSA) is 78.9 Å². The van der Waals surface area contributed by atoms with Gasteiger partial charge in [-0.05, 0) is 54.3 Å². The van der Waals surface area contributed by atoms with Crippen LogP contribution in [0, 0.1) is 5.92 Å². The number of anilines is 1. The molecule has 1 aliphatic rings. The van der Waals surface area contributed by atoms with Gasteiger partial charge in [-0.2, -0.15) is 0 Å². The zero-order chi connectivity index (χ0) is 13.4. The lowest BCUT2D eigenvalue weighted by Gasteiger charge is -2.13. The van der Waals surface area contributed by atoms with E-state index >= 15 is 0 Å². The predicted molar refractivity (Wildman–Crippen MR) is 71.7 cm³/mol. The highest BCUT2D eigenvalue weighted by Gasteiger charge is 2.31. The molecule has 0 amide bonds. The SMILES string of the molecule is COc1ccc(-c2nnnn2C(C)C2CC2)cc1N. The number of nitrogens with two attached hydrogens (primary N) is 1. The van der Waals surface area contributed by atoms with Crippen molar-refractivity contribution in [1.82, 2.24) is 20.2 Å². The average molecular weight is 259 g/mol. The van der Waals surface area contributed by atoms with E-state index in [0.29, 0.717) is 23.4 Å². The smallest absolute Gasteiger partial charge is 0.182 e. The van der Waals surface area contributed by atoms with Gasteiger partial charge in [0.2, 0.25) is 0 Å². The van der Waals surface area contributed by atoms with Crippen LogP contribution in [0.25, 0.3) is 11.4 Å². The molecule has 1 atom stereocenters. The molecule has 1 saturated carbocycles. The highest BCUT2D eigenvalue weighted by atomic mass is 16.5. The molecule has 1 aromatic carbocycles. The average Bonchev–Trinajstić information content (AvgIpc) is 3.15. The van der Waals surface area contributed by atoms with Crippen molar-refractivity contribution >= 4 is 5.69 Å². The highest BCUT2D eigenvalue weighted by Crippen LogP contribution is 2.40. The second-order valence-electron chi connectivity index (χ2n) is 4.98. The minimum Gasteiger partial charge on any atom is -0.495 e. The third-order valence-corrected chi connectivity index (χ3v) is 3.67. The van der Waals surface area contributed by atoms with Crippen LogP contribution < -0.4 is 10.5 Å². The van der Waals surface area contributed by atoms with E-state index in [0.717, 1.165) is 11.4 Å². The Morgan fingerprint density at radius 3 is 2.84 bits per heavy atom. The molecule has 2 aromatic rings. The van der Waals surface area contributed by atoms with Gasteiger partial charge in [0.05, 0.1) is 18.8 Å². The van der Waals surface area contributed by atoms with E-state index in [4.69, 9.17) is 10.5 Å². The lowest BCUT2D eigenvalue weighted by Crippen LogP contribution is -2.11. The third-order valence-electron chi connectivity index (χ3n) is 3.67. The normalized spacial score (nSPS) is 16.3. The third kappa shape index (κ3) is 2.14. The first-order valence-electron chi connectivity index (χ1n) is 6.42. The van der Waals surface area contributed by atoms with E-state index in [2.05, 4.69) is 22.4 Å². The maximum Gasteiger partial charge on any atom is 0.182 e. The van der Waals surface area contributed by atoms with Gasteiger partial charge in [0.25, 0.3) is 0 Å². The number of nitrogens with zero attached hydrogens (tertiary/aromatic N) is 4. The molecule has 6 heteroatoms. The molecule has 0 radical (unpaired) electrons. The number of benzene rings is 1. The number of aromatic nitrogens is 4. The predicted octanol–water partition coefficient (Wildman–Crippen LogP) is 1.90.